The Morgan fingerprint density at radius 3 is 0.856 bits per heavy atom. The zero-order valence-corrected chi connectivity index (χ0v) is 51.1. The molecule has 0 N–H and O–H groups in total. The quantitative estimate of drug-likeness (QED) is 0.141. The molecule has 0 atom stereocenters. The average Bonchev–Trinajstić information content (AvgIpc) is 2.14. The zero-order chi connectivity index (χ0) is 62.5. The molecule has 0 amide bonds. The fourth-order valence-corrected chi connectivity index (χ4v) is 8.89. The van der Waals surface area contributed by atoms with E-state index in [0.29, 0.717) is 11.6 Å². The van der Waals surface area contributed by atoms with Crippen molar-refractivity contribution in [2.24, 2.45) is 0 Å². The molecule has 14 aromatic rings. The fourth-order valence-electron chi connectivity index (χ4n) is 8.89. The van der Waals surface area contributed by atoms with Crippen LogP contribution in [0.1, 0.15) is 34.4 Å². The van der Waals surface area contributed by atoms with Crippen LogP contribution in [-0.2, 0) is 0 Å². The third kappa shape index (κ3) is 19.6. The minimum absolute atomic E-state index is 0.715. The first-order valence-corrected chi connectivity index (χ1v) is 29.3. The highest BCUT2D eigenvalue weighted by Crippen LogP contribution is 2.27. The second kappa shape index (κ2) is 33.2. The van der Waals surface area contributed by atoms with Gasteiger partial charge in [0.05, 0.1) is 34.2 Å². The molecule has 6 aromatic heterocycles. The molecule has 0 spiro atoms. The van der Waals surface area contributed by atoms with E-state index >= 15 is 0 Å². The monoisotopic (exact) mass is 1170 g/mol. The Morgan fingerprint density at radius 1 is 0.222 bits per heavy atom. The van der Waals surface area contributed by atoms with E-state index in [1.807, 2.05) is 229 Å². The molecular weight excluding hydrogens is 1110 g/mol. The molecule has 13 nitrogen and oxygen atoms in total. The Hall–Kier alpha value is -11.8. The van der Waals surface area contributed by atoms with Crippen LogP contribution in [0.5, 0.6) is 0 Å². The van der Waals surface area contributed by atoms with Crippen LogP contribution in [0, 0.1) is 41.5 Å². The van der Waals surface area contributed by atoms with Crippen LogP contribution in [0.2, 0.25) is 0 Å². The molecule has 0 saturated carbocycles. The lowest BCUT2D eigenvalue weighted by molar-refractivity contribution is 0.974. The molecule has 440 valence electrons. The van der Waals surface area contributed by atoms with E-state index < -0.39 is 0 Å². The third-order valence-corrected chi connectivity index (χ3v) is 13.2. The van der Waals surface area contributed by atoms with Crippen LogP contribution in [-0.4, -0.2) is 64.8 Å². The maximum absolute atomic E-state index is 4.77. The standard InChI is InChI=1S/C18H15N.2C17H14N2.C16H13N3.C5H6N2.C4H5N3/c1-14-12-17(15-8-4-2-5-9-15)19-18(13-14)16-10-6-3-7-11-16;1-13-18-16(14-8-4-2-5-9-14)12-17(19-13)15-10-6-3-7-11-15;1-13-12-16(14-8-4-2-5-9-14)19-17(18-13)15-10-6-3-7-11-15;1-12-17-15(13-8-4-2-5-9-13)19-16(18-12)14-10-6-3-7-11-14;1-5-4-6-2-3-7-5;1-4-6-2-5-3-7-4/h2-13H,1H3;2*2-12H,1H3;2-11H,1H3;2-4H,1H3;2-3H,1H3. The summed E-state index contributed by atoms with van der Waals surface area (Å²) in [5.41, 5.74) is 16.8. The highest BCUT2D eigenvalue weighted by molar-refractivity contribution is 5.69. The van der Waals surface area contributed by atoms with Gasteiger partial charge in [0, 0.05) is 68.8 Å². The lowest BCUT2D eigenvalue weighted by Crippen LogP contribution is -1.99. The van der Waals surface area contributed by atoms with Gasteiger partial charge in [-0.25, -0.2) is 54.8 Å². The Labute approximate surface area is 526 Å². The first kappa shape index (κ1) is 62.7. The zero-order valence-electron chi connectivity index (χ0n) is 51.1. The molecule has 0 unspecified atom stereocenters. The molecule has 8 aromatic carbocycles. The lowest BCUT2D eigenvalue weighted by Gasteiger charge is -2.07. The molecule has 0 aliphatic rings. The Balaban J connectivity index is 0.000000132. The van der Waals surface area contributed by atoms with Gasteiger partial charge in [-0.05, 0) is 71.4 Å². The molecule has 6 heterocycles. The van der Waals surface area contributed by atoms with Gasteiger partial charge in [-0.2, -0.15) is 0 Å². The maximum atomic E-state index is 4.77. The van der Waals surface area contributed by atoms with Gasteiger partial charge < -0.3 is 0 Å². The fraction of sp³-hybridized carbons (Fsp3) is 0.0779. The highest BCUT2D eigenvalue weighted by Gasteiger charge is 2.10. The van der Waals surface area contributed by atoms with Gasteiger partial charge in [-0.3, -0.25) is 9.97 Å². The Bertz CT molecular complexity index is 3610. The van der Waals surface area contributed by atoms with Crippen molar-refractivity contribution in [2.45, 2.75) is 41.5 Å². The topological polar surface area (TPSA) is 168 Å². The molecule has 0 aliphatic heterocycles. The second-order valence-corrected chi connectivity index (χ2v) is 20.3. The number of pyridine rings is 1. The van der Waals surface area contributed by atoms with Crippen LogP contribution in [0.25, 0.3) is 90.5 Å². The SMILES string of the molecule is Cc1cc(-c2ccccc2)nc(-c2ccccc2)c1.Cc1cc(-c2ccccc2)nc(-c2ccccc2)n1.Cc1cnccn1.Cc1nc(-c2ccccc2)cc(-c2ccccc2)n1.Cc1nc(-c2ccccc2)nc(-c2ccccc2)n1.Cc1ncncn1. The maximum Gasteiger partial charge on any atom is 0.163 e. The molecule has 14 rings (SSSR count). The molecule has 0 aliphatic carbocycles. The van der Waals surface area contributed by atoms with E-state index in [1.54, 1.807) is 18.6 Å². The smallest absolute Gasteiger partial charge is 0.163 e. The number of benzene rings is 8. The van der Waals surface area contributed by atoms with Crippen molar-refractivity contribution < 1.29 is 0 Å². The first-order chi connectivity index (χ1) is 44.1. The molecule has 0 fully saturated rings. The first-order valence-electron chi connectivity index (χ1n) is 29.3. The summed E-state index contributed by atoms with van der Waals surface area (Å²) in [4.78, 5) is 55.2. The summed E-state index contributed by atoms with van der Waals surface area (Å²) in [6.45, 7) is 11.7. The largest absolute Gasteiger partial charge is 0.261 e. The van der Waals surface area contributed by atoms with Gasteiger partial charge in [0.25, 0.3) is 0 Å². The predicted molar refractivity (Wildman–Crippen MR) is 362 cm³/mol. The summed E-state index contributed by atoms with van der Waals surface area (Å²) in [6, 6.07) is 89.4. The van der Waals surface area contributed by atoms with Gasteiger partial charge in [0.15, 0.2) is 17.5 Å². The van der Waals surface area contributed by atoms with E-state index in [2.05, 4.69) is 140 Å². The number of hydrogen-bond acceptors (Lipinski definition) is 13. The minimum Gasteiger partial charge on any atom is -0.261 e. The van der Waals surface area contributed by atoms with Crippen molar-refractivity contribution in [1.82, 2.24) is 64.8 Å². The summed E-state index contributed by atoms with van der Waals surface area (Å²) in [6.07, 6.45) is 8.01. The van der Waals surface area contributed by atoms with Gasteiger partial charge in [0.2, 0.25) is 0 Å². The normalized spacial score (nSPS) is 10.1. The van der Waals surface area contributed by atoms with Gasteiger partial charge >= 0.3 is 0 Å². The summed E-state index contributed by atoms with van der Waals surface area (Å²) in [5, 5.41) is 0. The van der Waals surface area contributed by atoms with E-state index in [-0.39, 0.29) is 0 Å². The van der Waals surface area contributed by atoms with Crippen molar-refractivity contribution in [2.75, 3.05) is 0 Å². The second-order valence-electron chi connectivity index (χ2n) is 20.3. The van der Waals surface area contributed by atoms with Crippen molar-refractivity contribution in [3.8, 4) is 90.5 Å². The van der Waals surface area contributed by atoms with E-state index in [0.717, 1.165) is 108 Å². The molecule has 0 saturated heterocycles. The predicted octanol–water partition coefficient (Wildman–Crippen LogP) is 17.4. The number of aromatic nitrogens is 13. The summed E-state index contributed by atoms with van der Waals surface area (Å²) in [5.74, 6) is 4.49. The number of hydrogen-bond donors (Lipinski definition) is 0. The summed E-state index contributed by atoms with van der Waals surface area (Å²) in [7, 11) is 0. The van der Waals surface area contributed by atoms with Gasteiger partial charge in [-0.15, -0.1) is 0 Å². The van der Waals surface area contributed by atoms with Crippen LogP contribution in [0.3, 0.4) is 0 Å². The van der Waals surface area contributed by atoms with Crippen LogP contribution >= 0.6 is 0 Å². The van der Waals surface area contributed by atoms with Crippen LogP contribution in [0.15, 0.2) is 298 Å². The van der Waals surface area contributed by atoms with E-state index in [1.165, 1.54) is 18.2 Å². The molecule has 13 heteroatoms. The van der Waals surface area contributed by atoms with Crippen molar-refractivity contribution in [3.05, 3.63) is 333 Å². The minimum atomic E-state index is 0.715. The molecule has 0 radical (unpaired) electrons. The lowest BCUT2D eigenvalue weighted by atomic mass is 10.1. The van der Waals surface area contributed by atoms with Crippen LogP contribution < -0.4 is 0 Å². The van der Waals surface area contributed by atoms with Crippen molar-refractivity contribution in [1.29, 1.82) is 0 Å². The van der Waals surface area contributed by atoms with Crippen molar-refractivity contribution >= 4 is 0 Å². The molecular formula is C77H67N13. The number of rotatable bonds is 8. The summed E-state index contributed by atoms with van der Waals surface area (Å²) >= 11 is 0. The highest BCUT2D eigenvalue weighted by atomic mass is 15.0. The molecule has 90 heavy (non-hydrogen) atoms. The van der Waals surface area contributed by atoms with E-state index in [4.69, 9.17) is 4.98 Å². The van der Waals surface area contributed by atoms with Crippen LogP contribution in [0.4, 0.5) is 0 Å². The van der Waals surface area contributed by atoms with Gasteiger partial charge in [0.1, 0.15) is 30.1 Å². The van der Waals surface area contributed by atoms with Gasteiger partial charge in [-0.1, -0.05) is 243 Å². The molecule has 0 bridgehead atoms. The van der Waals surface area contributed by atoms with E-state index in [9.17, 15) is 0 Å². The average molecular weight is 1170 g/mol. The van der Waals surface area contributed by atoms with Crippen molar-refractivity contribution in [3.63, 3.8) is 0 Å². The summed E-state index contributed by atoms with van der Waals surface area (Å²) < 4.78 is 0. The third-order valence-electron chi connectivity index (χ3n) is 13.2. The Morgan fingerprint density at radius 2 is 0.544 bits per heavy atom. The number of aryl methyl sites for hydroxylation is 6. The number of nitrogens with zero attached hydrogens (tertiary/aromatic N) is 13. The Kier molecular flexibility index (Phi) is 23.1.